The molecule has 1 N–H and O–H groups in total. The van der Waals surface area contributed by atoms with Gasteiger partial charge in [0.05, 0.1) is 25.8 Å². The molecule has 0 saturated heterocycles. The van der Waals surface area contributed by atoms with E-state index in [2.05, 4.69) is 10.3 Å². The van der Waals surface area contributed by atoms with Gasteiger partial charge in [0, 0.05) is 5.69 Å². The molecular formula is C20H14ClN3O2S. The van der Waals surface area contributed by atoms with Crippen LogP contribution in [-0.4, -0.2) is 15.5 Å². The number of aryl methyl sites for hydroxylation is 1. The van der Waals surface area contributed by atoms with Crippen molar-refractivity contribution in [2.75, 3.05) is 5.32 Å². The predicted octanol–water partition coefficient (Wildman–Crippen LogP) is 4.66. The molecule has 0 atom stereocenters. The van der Waals surface area contributed by atoms with Crippen LogP contribution in [0.25, 0.3) is 16.6 Å². The van der Waals surface area contributed by atoms with E-state index in [4.69, 9.17) is 11.6 Å². The van der Waals surface area contributed by atoms with Crippen molar-refractivity contribution in [3.8, 4) is 5.69 Å². The molecule has 0 aliphatic rings. The van der Waals surface area contributed by atoms with Crippen LogP contribution in [0.15, 0.2) is 65.5 Å². The number of amides is 1. The smallest absolute Gasteiger partial charge is 0.265 e. The maximum atomic E-state index is 12.8. The van der Waals surface area contributed by atoms with Crippen LogP contribution in [-0.2, 0) is 0 Å². The molecule has 1 amide bonds. The lowest BCUT2D eigenvalue weighted by Crippen LogP contribution is -2.22. The van der Waals surface area contributed by atoms with Gasteiger partial charge in [-0.1, -0.05) is 23.7 Å². The van der Waals surface area contributed by atoms with E-state index >= 15 is 0 Å². The van der Waals surface area contributed by atoms with Crippen molar-refractivity contribution in [1.82, 2.24) is 9.55 Å². The highest BCUT2D eigenvalue weighted by Gasteiger charge is 2.11. The molecular weight excluding hydrogens is 382 g/mol. The molecule has 0 radical (unpaired) electrons. The molecule has 27 heavy (non-hydrogen) atoms. The number of thiophene rings is 1. The van der Waals surface area contributed by atoms with E-state index in [1.54, 1.807) is 54.0 Å². The number of hydrogen-bond donors (Lipinski definition) is 1. The van der Waals surface area contributed by atoms with Gasteiger partial charge in [-0.25, -0.2) is 4.98 Å². The third kappa shape index (κ3) is 3.37. The Kier molecular flexibility index (Phi) is 4.51. The number of carbonyl (C=O) groups is 1. The summed E-state index contributed by atoms with van der Waals surface area (Å²) in [4.78, 5) is 30.1. The molecule has 0 saturated carbocycles. The van der Waals surface area contributed by atoms with Crippen molar-refractivity contribution in [3.05, 3.63) is 86.1 Å². The summed E-state index contributed by atoms with van der Waals surface area (Å²) in [6, 6.07) is 17.7. The number of hydrogen-bond acceptors (Lipinski definition) is 4. The van der Waals surface area contributed by atoms with Crippen molar-refractivity contribution in [1.29, 1.82) is 0 Å². The van der Waals surface area contributed by atoms with E-state index in [1.165, 1.54) is 11.3 Å². The van der Waals surface area contributed by atoms with E-state index in [1.807, 2.05) is 18.2 Å². The molecule has 0 bridgehead atoms. The summed E-state index contributed by atoms with van der Waals surface area (Å²) in [6.07, 6.45) is 0. The van der Waals surface area contributed by atoms with Crippen LogP contribution in [0, 0.1) is 6.92 Å². The number of benzene rings is 2. The molecule has 0 spiro atoms. The fraction of sp³-hybridized carbons (Fsp3) is 0.0500. The first-order valence-corrected chi connectivity index (χ1v) is 9.38. The van der Waals surface area contributed by atoms with Crippen LogP contribution in [0.5, 0.6) is 0 Å². The zero-order chi connectivity index (χ0) is 19.0. The lowest BCUT2D eigenvalue weighted by atomic mass is 10.2. The van der Waals surface area contributed by atoms with Gasteiger partial charge in [0.15, 0.2) is 0 Å². The van der Waals surface area contributed by atoms with Crippen LogP contribution in [0.4, 0.5) is 5.69 Å². The molecule has 2 aromatic carbocycles. The van der Waals surface area contributed by atoms with Gasteiger partial charge < -0.3 is 5.32 Å². The van der Waals surface area contributed by atoms with Crippen molar-refractivity contribution >= 4 is 45.4 Å². The average Bonchev–Trinajstić information content (AvgIpc) is 3.10. The SMILES string of the molecule is Cc1nc2ccccc2c(=O)n1-c1ccc(NC(=O)c2ccc(Cl)s2)cc1. The van der Waals surface area contributed by atoms with Crippen molar-refractivity contribution in [3.63, 3.8) is 0 Å². The molecule has 7 heteroatoms. The van der Waals surface area contributed by atoms with Crippen LogP contribution < -0.4 is 10.9 Å². The molecule has 4 rings (SSSR count). The van der Waals surface area contributed by atoms with E-state index < -0.39 is 0 Å². The zero-order valence-electron chi connectivity index (χ0n) is 14.3. The number of rotatable bonds is 3. The molecule has 2 aromatic heterocycles. The maximum absolute atomic E-state index is 12.8. The molecule has 134 valence electrons. The van der Waals surface area contributed by atoms with Gasteiger partial charge in [0.25, 0.3) is 11.5 Å². The molecule has 2 heterocycles. The highest BCUT2D eigenvalue weighted by Crippen LogP contribution is 2.23. The van der Waals surface area contributed by atoms with Gasteiger partial charge in [-0.2, -0.15) is 0 Å². The molecule has 0 aliphatic carbocycles. The summed E-state index contributed by atoms with van der Waals surface area (Å²) in [7, 11) is 0. The van der Waals surface area contributed by atoms with Gasteiger partial charge >= 0.3 is 0 Å². The van der Waals surface area contributed by atoms with Crippen molar-refractivity contribution < 1.29 is 4.79 Å². The van der Waals surface area contributed by atoms with E-state index in [-0.39, 0.29) is 11.5 Å². The average molecular weight is 396 g/mol. The van der Waals surface area contributed by atoms with Crippen LogP contribution in [0.2, 0.25) is 4.34 Å². The fourth-order valence-electron chi connectivity index (χ4n) is 2.87. The zero-order valence-corrected chi connectivity index (χ0v) is 15.8. The van der Waals surface area contributed by atoms with E-state index in [0.29, 0.717) is 37.3 Å². The van der Waals surface area contributed by atoms with Gasteiger partial charge in [-0.3, -0.25) is 14.2 Å². The highest BCUT2D eigenvalue weighted by molar-refractivity contribution is 7.18. The van der Waals surface area contributed by atoms with E-state index in [9.17, 15) is 9.59 Å². The number of anilines is 1. The number of para-hydroxylation sites is 1. The van der Waals surface area contributed by atoms with Gasteiger partial charge in [-0.05, 0) is 55.5 Å². The second-order valence-corrected chi connectivity index (χ2v) is 7.64. The second-order valence-electron chi connectivity index (χ2n) is 5.92. The van der Waals surface area contributed by atoms with Gasteiger partial charge in [0.2, 0.25) is 0 Å². The first-order valence-electron chi connectivity index (χ1n) is 8.18. The Hall–Kier alpha value is -2.96. The van der Waals surface area contributed by atoms with E-state index in [0.717, 1.165) is 0 Å². The Morgan fingerprint density at radius 3 is 2.52 bits per heavy atom. The number of fused-ring (bicyclic) bond motifs is 1. The summed E-state index contributed by atoms with van der Waals surface area (Å²) < 4.78 is 2.13. The lowest BCUT2D eigenvalue weighted by Gasteiger charge is -2.11. The van der Waals surface area contributed by atoms with Crippen molar-refractivity contribution in [2.24, 2.45) is 0 Å². The number of aromatic nitrogens is 2. The van der Waals surface area contributed by atoms with Crippen LogP contribution in [0.1, 0.15) is 15.5 Å². The first-order chi connectivity index (χ1) is 13.0. The standard InChI is InChI=1S/C20H14ClN3O2S/c1-12-22-16-5-3-2-4-15(16)20(26)24(12)14-8-6-13(7-9-14)23-19(25)17-10-11-18(21)27-17/h2-11H,1H3,(H,23,25). The number of nitrogens with zero attached hydrogens (tertiary/aromatic N) is 2. The topological polar surface area (TPSA) is 64.0 Å². The Morgan fingerprint density at radius 2 is 1.81 bits per heavy atom. The third-order valence-electron chi connectivity index (χ3n) is 4.12. The summed E-state index contributed by atoms with van der Waals surface area (Å²) in [5.74, 6) is 0.379. The summed E-state index contributed by atoms with van der Waals surface area (Å²) in [5.41, 5.74) is 1.87. The predicted molar refractivity (Wildman–Crippen MR) is 109 cm³/mol. The molecule has 5 nitrogen and oxygen atoms in total. The van der Waals surface area contributed by atoms with Crippen LogP contribution in [0.3, 0.4) is 0 Å². The Bertz CT molecular complexity index is 1210. The third-order valence-corrected chi connectivity index (χ3v) is 5.35. The molecule has 4 aromatic rings. The maximum Gasteiger partial charge on any atom is 0.265 e. The Labute approximate surface area is 163 Å². The minimum Gasteiger partial charge on any atom is -0.321 e. The molecule has 0 aliphatic heterocycles. The van der Waals surface area contributed by atoms with Gasteiger partial charge in [-0.15, -0.1) is 11.3 Å². The second kappa shape index (κ2) is 6.98. The summed E-state index contributed by atoms with van der Waals surface area (Å²) >= 11 is 7.09. The lowest BCUT2D eigenvalue weighted by molar-refractivity contribution is 0.103. The number of carbonyl (C=O) groups excluding carboxylic acids is 1. The quantitative estimate of drug-likeness (QED) is 0.548. The fourth-order valence-corrected chi connectivity index (χ4v) is 3.81. The Morgan fingerprint density at radius 1 is 1.07 bits per heavy atom. The largest absolute Gasteiger partial charge is 0.321 e. The molecule has 0 unspecified atom stereocenters. The van der Waals surface area contributed by atoms with Gasteiger partial charge in [0.1, 0.15) is 5.82 Å². The summed E-state index contributed by atoms with van der Waals surface area (Å²) in [6.45, 7) is 1.80. The minimum absolute atomic E-state index is 0.122. The Balaban J connectivity index is 1.66. The molecule has 0 fully saturated rings. The first kappa shape index (κ1) is 17.5. The summed E-state index contributed by atoms with van der Waals surface area (Å²) in [5, 5.41) is 3.38. The van der Waals surface area contributed by atoms with Crippen molar-refractivity contribution in [2.45, 2.75) is 6.92 Å². The number of halogens is 1. The monoisotopic (exact) mass is 395 g/mol. The van der Waals surface area contributed by atoms with Crippen LogP contribution >= 0.6 is 22.9 Å². The minimum atomic E-state index is -0.222. The normalized spacial score (nSPS) is 10.9. The number of nitrogens with one attached hydrogen (secondary N) is 1. The highest BCUT2D eigenvalue weighted by atomic mass is 35.5.